The second-order valence-electron chi connectivity index (χ2n) is 6.51. The molecule has 3 aromatic rings. The summed E-state index contributed by atoms with van der Waals surface area (Å²) in [7, 11) is 0. The van der Waals surface area contributed by atoms with Crippen molar-refractivity contribution in [1.82, 2.24) is 15.1 Å². The molecule has 1 aromatic carbocycles. The van der Waals surface area contributed by atoms with Crippen LogP contribution in [0.2, 0.25) is 0 Å². The fourth-order valence-electron chi connectivity index (χ4n) is 2.72. The van der Waals surface area contributed by atoms with Crippen LogP contribution in [0.15, 0.2) is 28.8 Å². The summed E-state index contributed by atoms with van der Waals surface area (Å²) in [5.74, 6) is 1.52. The average Bonchev–Trinajstić information content (AvgIpc) is 2.96. The number of aryl methyl sites for hydroxylation is 2. The molecule has 0 amide bonds. The lowest BCUT2D eigenvalue weighted by Crippen LogP contribution is -2.14. The van der Waals surface area contributed by atoms with E-state index in [1.807, 2.05) is 13.0 Å². The monoisotopic (exact) mass is 310 g/mol. The van der Waals surface area contributed by atoms with Gasteiger partial charge in [0, 0.05) is 5.39 Å². The van der Waals surface area contributed by atoms with Gasteiger partial charge in [0.1, 0.15) is 0 Å². The van der Waals surface area contributed by atoms with Crippen molar-refractivity contribution < 1.29 is 4.52 Å². The summed E-state index contributed by atoms with van der Waals surface area (Å²) in [6.45, 7) is 8.27. The summed E-state index contributed by atoms with van der Waals surface area (Å²) >= 11 is 0. The maximum Gasteiger partial charge on any atom is 0.259 e. The lowest BCUT2D eigenvalue weighted by molar-refractivity contribution is 0.405. The van der Waals surface area contributed by atoms with Crippen LogP contribution in [-0.4, -0.2) is 15.1 Å². The summed E-state index contributed by atoms with van der Waals surface area (Å²) in [5, 5.41) is 5.11. The highest BCUT2D eigenvalue weighted by atomic mass is 16.5. The van der Waals surface area contributed by atoms with Gasteiger partial charge in [-0.15, -0.1) is 0 Å². The van der Waals surface area contributed by atoms with Crippen molar-refractivity contribution in [2.24, 2.45) is 11.7 Å². The number of benzene rings is 1. The van der Waals surface area contributed by atoms with Crippen molar-refractivity contribution in [3.05, 3.63) is 41.3 Å². The zero-order valence-electron chi connectivity index (χ0n) is 14.0. The molecule has 0 saturated carbocycles. The van der Waals surface area contributed by atoms with Gasteiger partial charge in [0.15, 0.2) is 5.82 Å². The van der Waals surface area contributed by atoms with Crippen LogP contribution in [0.5, 0.6) is 0 Å². The molecule has 0 bridgehead atoms. The third-order valence-electron chi connectivity index (χ3n) is 3.89. The van der Waals surface area contributed by atoms with E-state index in [-0.39, 0.29) is 6.04 Å². The lowest BCUT2D eigenvalue weighted by atomic mass is 10.0. The van der Waals surface area contributed by atoms with E-state index in [1.54, 1.807) is 0 Å². The molecule has 0 aliphatic heterocycles. The average molecular weight is 310 g/mol. The number of hydrogen-bond acceptors (Lipinski definition) is 5. The number of rotatable bonds is 4. The van der Waals surface area contributed by atoms with E-state index in [0.717, 1.165) is 28.6 Å². The van der Waals surface area contributed by atoms with Crippen molar-refractivity contribution >= 4 is 10.9 Å². The van der Waals surface area contributed by atoms with Crippen LogP contribution >= 0.6 is 0 Å². The van der Waals surface area contributed by atoms with Crippen LogP contribution in [-0.2, 0) is 0 Å². The van der Waals surface area contributed by atoms with Crippen molar-refractivity contribution in [2.45, 2.75) is 40.2 Å². The first-order valence-corrected chi connectivity index (χ1v) is 7.91. The molecule has 23 heavy (non-hydrogen) atoms. The molecule has 2 N–H and O–H groups in total. The number of nitrogens with zero attached hydrogens (tertiary/aromatic N) is 3. The van der Waals surface area contributed by atoms with Gasteiger partial charge in [-0.3, -0.25) is 4.98 Å². The van der Waals surface area contributed by atoms with Crippen LogP contribution in [0.4, 0.5) is 0 Å². The standard InChI is InChI=1S/C18H22N4O/c1-10(2)7-15(19)17-21-18(23-22-17)14-9-13-8-11(3)5-6-16(13)20-12(14)4/h5-6,8-10,15H,7,19H2,1-4H3. The first-order chi connectivity index (χ1) is 10.9. The van der Waals surface area contributed by atoms with Gasteiger partial charge in [-0.1, -0.05) is 30.6 Å². The molecule has 0 aliphatic carbocycles. The number of pyridine rings is 1. The Labute approximate surface area is 135 Å². The molecule has 0 aliphatic rings. The van der Waals surface area contributed by atoms with Gasteiger partial charge in [-0.05, 0) is 44.4 Å². The molecule has 3 rings (SSSR count). The van der Waals surface area contributed by atoms with E-state index in [2.05, 4.69) is 54.1 Å². The highest BCUT2D eigenvalue weighted by Gasteiger charge is 2.18. The van der Waals surface area contributed by atoms with Crippen molar-refractivity contribution in [1.29, 1.82) is 0 Å². The number of nitrogens with two attached hydrogens (primary N) is 1. The first-order valence-electron chi connectivity index (χ1n) is 7.91. The number of fused-ring (bicyclic) bond motifs is 1. The van der Waals surface area contributed by atoms with Crippen LogP contribution in [0, 0.1) is 19.8 Å². The van der Waals surface area contributed by atoms with Crippen LogP contribution in [0.1, 0.15) is 43.4 Å². The summed E-state index contributed by atoms with van der Waals surface area (Å²) in [4.78, 5) is 9.12. The largest absolute Gasteiger partial charge is 0.334 e. The molecule has 120 valence electrons. The Morgan fingerprint density at radius 2 is 1.91 bits per heavy atom. The van der Waals surface area contributed by atoms with E-state index in [9.17, 15) is 0 Å². The van der Waals surface area contributed by atoms with E-state index in [1.165, 1.54) is 5.56 Å². The smallest absolute Gasteiger partial charge is 0.259 e. The fourth-order valence-corrected chi connectivity index (χ4v) is 2.72. The van der Waals surface area contributed by atoms with Gasteiger partial charge >= 0.3 is 0 Å². The molecule has 1 unspecified atom stereocenters. The van der Waals surface area contributed by atoms with E-state index >= 15 is 0 Å². The molecule has 0 radical (unpaired) electrons. The molecule has 2 aromatic heterocycles. The summed E-state index contributed by atoms with van der Waals surface area (Å²) in [6.07, 6.45) is 0.827. The molecular weight excluding hydrogens is 288 g/mol. The molecule has 0 fully saturated rings. The Bertz CT molecular complexity index is 838. The number of aromatic nitrogens is 3. The molecular formula is C18H22N4O. The minimum Gasteiger partial charge on any atom is -0.334 e. The Kier molecular flexibility index (Phi) is 4.13. The Balaban J connectivity index is 2.00. The molecule has 0 saturated heterocycles. The molecule has 5 nitrogen and oxygen atoms in total. The maximum absolute atomic E-state index is 6.14. The minimum atomic E-state index is -0.205. The maximum atomic E-state index is 6.14. The highest BCUT2D eigenvalue weighted by Crippen LogP contribution is 2.27. The molecule has 1 atom stereocenters. The Morgan fingerprint density at radius 3 is 2.65 bits per heavy atom. The molecule has 5 heteroatoms. The van der Waals surface area contributed by atoms with Gasteiger partial charge in [0.2, 0.25) is 0 Å². The van der Waals surface area contributed by atoms with Crippen LogP contribution in [0.25, 0.3) is 22.4 Å². The topological polar surface area (TPSA) is 77.8 Å². The quantitative estimate of drug-likeness (QED) is 0.789. The zero-order chi connectivity index (χ0) is 16.6. The second kappa shape index (κ2) is 6.08. The minimum absolute atomic E-state index is 0.205. The molecule has 2 heterocycles. The Hall–Kier alpha value is -2.27. The zero-order valence-corrected chi connectivity index (χ0v) is 14.0. The number of hydrogen-bond donors (Lipinski definition) is 1. The van der Waals surface area contributed by atoms with Crippen molar-refractivity contribution in [2.75, 3.05) is 0 Å². The predicted molar refractivity (Wildman–Crippen MR) is 90.9 cm³/mol. The van der Waals surface area contributed by atoms with E-state index in [0.29, 0.717) is 17.6 Å². The lowest BCUT2D eigenvalue weighted by Gasteiger charge is -2.08. The fraction of sp³-hybridized carbons (Fsp3) is 0.389. The van der Waals surface area contributed by atoms with Crippen LogP contribution < -0.4 is 5.73 Å². The molecule has 0 spiro atoms. The summed E-state index contributed by atoms with van der Waals surface area (Å²) in [6, 6.07) is 8.04. The van der Waals surface area contributed by atoms with E-state index in [4.69, 9.17) is 10.3 Å². The van der Waals surface area contributed by atoms with Gasteiger partial charge in [0.25, 0.3) is 5.89 Å². The predicted octanol–water partition coefficient (Wildman–Crippen LogP) is 3.95. The second-order valence-corrected chi connectivity index (χ2v) is 6.51. The summed E-state index contributed by atoms with van der Waals surface area (Å²) in [5.41, 5.74) is 10.0. The highest BCUT2D eigenvalue weighted by molar-refractivity contribution is 5.84. The Morgan fingerprint density at radius 1 is 1.13 bits per heavy atom. The van der Waals surface area contributed by atoms with Gasteiger partial charge < -0.3 is 10.3 Å². The first kappa shape index (κ1) is 15.6. The normalized spacial score (nSPS) is 13.0. The van der Waals surface area contributed by atoms with E-state index < -0.39 is 0 Å². The van der Waals surface area contributed by atoms with Gasteiger partial charge in [-0.2, -0.15) is 4.98 Å². The van der Waals surface area contributed by atoms with Crippen molar-refractivity contribution in [3.8, 4) is 11.5 Å². The van der Waals surface area contributed by atoms with Gasteiger partial charge in [0.05, 0.1) is 22.8 Å². The third-order valence-corrected chi connectivity index (χ3v) is 3.89. The summed E-state index contributed by atoms with van der Waals surface area (Å²) < 4.78 is 5.43. The third kappa shape index (κ3) is 3.24. The van der Waals surface area contributed by atoms with Crippen molar-refractivity contribution in [3.63, 3.8) is 0 Å². The SMILES string of the molecule is Cc1ccc2nc(C)c(-c3nc(C(N)CC(C)C)no3)cc2c1. The van der Waals surface area contributed by atoms with Crippen LogP contribution in [0.3, 0.4) is 0 Å². The van der Waals surface area contributed by atoms with Gasteiger partial charge in [-0.25, -0.2) is 0 Å².